The molecule has 0 bridgehead atoms. The first-order chi connectivity index (χ1) is 16.4. The normalized spacial score (nSPS) is 17.5. The van der Waals surface area contributed by atoms with Crippen LogP contribution in [0.15, 0.2) is 60.7 Å². The van der Waals surface area contributed by atoms with Crippen molar-refractivity contribution in [3.8, 4) is 0 Å². The molecular formula is C26H33N3O5. The largest absolute Gasteiger partial charge is 0.473 e. The summed E-state index contributed by atoms with van der Waals surface area (Å²) >= 11 is 0. The number of hydrogen-bond donors (Lipinski definition) is 2. The predicted octanol–water partition coefficient (Wildman–Crippen LogP) is 2.19. The van der Waals surface area contributed by atoms with Crippen LogP contribution in [0.3, 0.4) is 0 Å². The van der Waals surface area contributed by atoms with Gasteiger partial charge >= 0.3 is 11.9 Å². The molecule has 2 aromatic rings. The first kappa shape index (κ1) is 25.4. The van der Waals surface area contributed by atoms with Crippen LogP contribution in [0.4, 0.5) is 0 Å². The molecule has 2 heterocycles. The first-order valence-electron chi connectivity index (χ1n) is 11.7. The minimum Gasteiger partial charge on any atom is -0.473 e. The van der Waals surface area contributed by atoms with E-state index in [1.54, 1.807) is 0 Å². The van der Waals surface area contributed by atoms with E-state index in [2.05, 4.69) is 45.0 Å². The highest BCUT2D eigenvalue weighted by Crippen LogP contribution is 2.20. The Morgan fingerprint density at radius 2 is 1.21 bits per heavy atom. The number of carboxylic acids is 2. The van der Waals surface area contributed by atoms with Crippen LogP contribution in [-0.2, 0) is 27.3 Å². The summed E-state index contributed by atoms with van der Waals surface area (Å²) < 4.78 is 0. The van der Waals surface area contributed by atoms with Crippen molar-refractivity contribution in [3.63, 3.8) is 0 Å². The topological polar surface area (TPSA) is 101 Å². The Balaban J connectivity index is 0.000000481. The number of likely N-dealkylation sites (tertiary alicyclic amines) is 1. The summed E-state index contributed by atoms with van der Waals surface area (Å²) in [7, 11) is 0. The number of carbonyl (C=O) groups is 3. The maximum absolute atomic E-state index is 12.6. The maximum Gasteiger partial charge on any atom is 0.414 e. The van der Waals surface area contributed by atoms with Crippen LogP contribution in [0.5, 0.6) is 0 Å². The van der Waals surface area contributed by atoms with Crippen LogP contribution in [0.25, 0.3) is 0 Å². The summed E-state index contributed by atoms with van der Waals surface area (Å²) in [4.78, 5) is 38.0. The highest BCUT2D eigenvalue weighted by Gasteiger charge is 2.29. The summed E-state index contributed by atoms with van der Waals surface area (Å²) in [5, 5.41) is 14.8. The quantitative estimate of drug-likeness (QED) is 0.650. The molecule has 2 fully saturated rings. The molecule has 0 unspecified atom stereocenters. The average Bonchev–Trinajstić information content (AvgIpc) is 2.86. The Morgan fingerprint density at radius 3 is 1.71 bits per heavy atom. The number of hydrogen-bond acceptors (Lipinski definition) is 5. The molecule has 2 aliphatic rings. The van der Waals surface area contributed by atoms with E-state index >= 15 is 0 Å². The molecule has 2 aromatic carbocycles. The molecule has 8 heteroatoms. The molecule has 182 valence electrons. The first-order valence-corrected chi connectivity index (χ1v) is 11.7. The second kappa shape index (κ2) is 12.9. The van der Waals surface area contributed by atoms with Gasteiger partial charge in [0.15, 0.2) is 0 Å². The van der Waals surface area contributed by atoms with Crippen LogP contribution in [0, 0.1) is 0 Å². The van der Waals surface area contributed by atoms with Crippen molar-refractivity contribution in [2.75, 3.05) is 39.3 Å². The van der Waals surface area contributed by atoms with Gasteiger partial charge < -0.3 is 15.1 Å². The number of amides is 1. The van der Waals surface area contributed by atoms with Gasteiger partial charge in [-0.2, -0.15) is 0 Å². The molecule has 0 aromatic heterocycles. The highest BCUT2D eigenvalue weighted by molar-refractivity contribution is 6.27. The lowest BCUT2D eigenvalue weighted by Gasteiger charge is -2.42. The van der Waals surface area contributed by atoms with Crippen molar-refractivity contribution in [3.05, 3.63) is 71.8 Å². The molecular weight excluding hydrogens is 434 g/mol. The van der Waals surface area contributed by atoms with Gasteiger partial charge in [-0.3, -0.25) is 14.6 Å². The zero-order valence-electron chi connectivity index (χ0n) is 19.4. The molecule has 0 aliphatic carbocycles. The zero-order valence-corrected chi connectivity index (χ0v) is 19.4. The summed E-state index contributed by atoms with van der Waals surface area (Å²) in [6.07, 6.45) is 2.75. The van der Waals surface area contributed by atoms with E-state index in [0.29, 0.717) is 12.5 Å². The Kier molecular flexibility index (Phi) is 9.61. The lowest BCUT2D eigenvalue weighted by molar-refractivity contribution is -0.159. The number of piperidine rings is 1. The van der Waals surface area contributed by atoms with Crippen molar-refractivity contribution in [2.24, 2.45) is 0 Å². The van der Waals surface area contributed by atoms with Gasteiger partial charge in [-0.15, -0.1) is 0 Å². The number of benzene rings is 2. The van der Waals surface area contributed by atoms with Crippen LogP contribution in [0.1, 0.15) is 24.0 Å². The number of rotatable bonds is 5. The molecule has 0 spiro atoms. The average molecular weight is 468 g/mol. The molecule has 8 nitrogen and oxygen atoms in total. The molecule has 0 saturated carbocycles. The summed E-state index contributed by atoms with van der Waals surface area (Å²) in [6, 6.07) is 21.5. The maximum atomic E-state index is 12.6. The Bertz CT molecular complexity index is 910. The van der Waals surface area contributed by atoms with Gasteiger partial charge in [-0.25, -0.2) is 9.59 Å². The van der Waals surface area contributed by atoms with Crippen molar-refractivity contribution >= 4 is 17.8 Å². The third kappa shape index (κ3) is 7.97. The van der Waals surface area contributed by atoms with Gasteiger partial charge in [-0.05, 0) is 24.0 Å². The third-order valence-electron chi connectivity index (χ3n) is 6.37. The van der Waals surface area contributed by atoms with E-state index in [4.69, 9.17) is 19.8 Å². The smallest absolute Gasteiger partial charge is 0.414 e. The summed E-state index contributed by atoms with van der Waals surface area (Å²) in [6.45, 7) is 7.44. The molecule has 2 saturated heterocycles. The monoisotopic (exact) mass is 467 g/mol. The van der Waals surface area contributed by atoms with E-state index < -0.39 is 11.9 Å². The second-order valence-electron chi connectivity index (χ2n) is 8.68. The minimum atomic E-state index is -1.82. The lowest BCUT2D eigenvalue weighted by Crippen LogP contribution is -2.53. The number of aliphatic carboxylic acids is 2. The lowest BCUT2D eigenvalue weighted by atomic mass is 10.0. The molecule has 4 rings (SSSR count). The number of carbonyl (C=O) groups excluding carboxylic acids is 1. The fourth-order valence-electron chi connectivity index (χ4n) is 4.49. The van der Waals surface area contributed by atoms with Crippen molar-refractivity contribution in [1.29, 1.82) is 0 Å². The minimum absolute atomic E-state index is 0.275. The molecule has 2 N–H and O–H groups in total. The van der Waals surface area contributed by atoms with Crippen LogP contribution in [-0.4, -0.2) is 88.1 Å². The Hall–Kier alpha value is -3.23. The van der Waals surface area contributed by atoms with E-state index in [1.165, 1.54) is 5.56 Å². The molecule has 34 heavy (non-hydrogen) atoms. The molecule has 2 aliphatic heterocycles. The van der Waals surface area contributed by atoms with Crippen molar-refractivity contribution in [2.45, 2.75) is 31.8 Å². The Morgan fingerprint density at radius 1 is 0.706 bits per heavy atom. The molecule has 0 atom stereocenters. The van der Waals surface area contributed by atoms with E-state index in [9.17, 15) is 4.79 Å². The third-order valence-corrected chi connectivity index (χ3v) is 6.37. The standard InChI is InChI=1S/C24H31N3O.C2H2O4/c28-24(19-21-7-3-1-4-8-21)27-13-11-23(12-14-27)26-17-15-25(16-18-26)20-22-9-5-2-6-10-22;3-1(4)2(5)6/h1-10,23H,11-20H2;(H,3,4)(H,5,6). The number of carboxylic acid groups (broad SMARTS) is 2. The van der Waals surface area contributed by atoms with E-state index in [1.807, 2.05) is 30.3 Å². The van der Waals surface area contributed by atoms with Gasteiger partial charge in [0.05, 0.1) is 6.42 Å². The highest BCUT2D eigenvalue weighted by atomic mass is 16.4. The predicted molar refractivity (Wildman–Crippen MR) is 128 cm³/mol. The Labute approximate surface area is 200 Å². The van der Waals surface area contributed by atoms with Crippen molar-refractivity contribution in [1.82, 2.24) is 14.7 Å². The number of nitrogens with zero attached hydrogens (tertiary/aromatic N) is 3. The summed E-state index contributed by atoms with van der Waals surface area (Å²) in [5.41, 5.74) is 2.52. The van der Waals surface area contributed by atoms with Gasteiger partial charge in [0.2, 0.25) is 5.91 Å². The van der Waals surface area contributed by atoms with Crippen molar-refractivity contribution < 1.29 is 24.6 Å². The number of piperazine rings is 1. The van der Waals surface area contributed by atoms with E-state index in [0.717, 1.165) is 64.2 Å². The molecule has 1 amide bonds. The van der Waals surface area contributed by atoms with Crippen LogP contribution >= 0.6 is 0 Å². The van der Waals surface area contributed by atoms with Gasteiger partial charge in [0.1, 0.15) is 0 Å². The fourth-order valence-corrected chi connectivity index (χ4v) is 4.49. The van der Waals surface area contributed by atoms with Crippen LogP contribution in [0.2, 0.25) is 0 Å². The van der Waals surface area contributed by atoms with Crippen LogP contribution < -0.4 is 0 Å². The molecule has 0 radical (unpaired) electrons. The van der Waals surface area contributed by atoms with Gasteiger partial charge in [-0.1, -0.05) is 60.7 Å². The van der Waals surface area contributed by atoms with Gasteiger partial charge in [0.25, 0.3) is 0 Å². The fraction of sp³-hybridized carbons (Fsp3) is 0.423. The van der Waals surface area contributed by atoms with Gasteiger partial charge in [0, 0.05) is 51.9 Å². The second-order valence-corrected chi connectivity index (χ2v) is 8.68. The summed E-state index contributed by atoms with van der Waals surface area (Å²) in [5.74, 6) is -3.37. The SMILES string of the molecule is O=C(Cc1ccccc1)N1CCC(N2CCN(Cc3ccccc3)CC2)CC1.O=C(O)C(=O)O. The van der Waals surface area contributed by atoms with E-state index in [-0.39, 0.29) is 5.91 Å². The zero-order chi connectivity index (χ0) is 24.3.